The van der Waals surface area contributed by atoms with Crippen LogP contribution in [-0.2, 0) is 0 Å². The summed E-state index contributed by atoms with van der Waals surface area (Å²) in [5.41, 5.74) is 0. The summed E-state index contributed by atoms with van der Waals surface area (Å²) in [6.07, 6.45) is 27.7. The van der Waals surface area contributed by atoms with Gasteiger partial charge in [0.05, 0.1) is 0 Å². The van der Waals surface area contributed by atoms with Crippen molar-refractivity contribution in [2.24, 2.45) is 0 Å². The van der Waals surface area contributed by atoms with Gasteiger partial charge in [-0.15, -0.1) is 0 Å². The number of hydrogen-bond donors (Lipinski definition) is 0. The van der Waals surface area contributed by atoms with Crippen molar-refractivity contribution in [1.82, 2.24) is 0 Å². The first-order chi connectivity index (χ1) is 11.9. The molecule has 0 aromatic carbocycles. The number of unbranched alkanes of at least 4 members (excludes halogenated alkanes) is 17. The van der Waals surface area contributed by atoms with E-state index < -0.39 is 0 Å². The molecule has 0 aromatic rings. The molecule has 0 spiro atoms. The zero-order valence-corrected chi connectivity index (χ0v) is 18.1. The van der Waals surface area contributed by atoms with E-state index in [1.165, 1.54) is 134 Å². The highest BCUT2D eigenvalue weighted by molar-refractivity contribution is 7.99. The smallest absolute Gasteiger partial charge is 0.00675 e. The van der Waals surface area contributed by atoms with Crippen LogP contribution in [0.25, 0.3) is 0 Å². The maximum atomic E-state index is 2.30. The van der Waals surface area contributed by atoms with Gasteiger partial charge in [-0.2, -0.15) is 11.8 Å². The van der Waals surface area contributed by atoms with Gasteiger partial charge in [-0.3, -0.25) is 0 Å². The fourth-order valence-electron chi connectivity index (χ4n) is 3.31. The lowest BCUT2D eigenvalue weighted by atomic mass is 10.1. The van der Waals surface area contributed by atoms with Gasteiger partial charge < -0.3 is 0 Å². The molecule has 24 heavy (non-hydrogen) atoms. The Morgan fingerprint density at radius 3 is 0.875 bits per heavy atom. The summed E-state index contributed by atoms with van der Waals surface area (Å²) in [6, 6.07) is 0. The molecule has 0 radical (unpaired) electrons. The van der Waals surface area contributed by atoms with Crippen molar-refractivity contribution in [2.75, 3.05) is 11.5 Å². The van der Waals surface area contributed by atoms with Crippen molar-refractivity contribution >= 4 is 11.8 Å². The monoisotopic (exact) mass is 356 g/mol. The predicted molar refractivity (Wildman–Crippen MR) is 116 cm³/mol. The zero-order valence-electron chi connectivity index (χ0n) is 17.3. The van der Waals surface area contributed by atoms with Gasteiger partial charge in [0.2, 0.25) is 0 Å². The van der Waals surface area contributed by atoms with Crippen LogP contribution in [0.3, 0.4) is 0 Å². The Labute approximate surface area is 159 Å². The fraction of sp³-hybridized carbons (Fsp3) is 1.00. The summed E-state index contributed by atoms with van der Waals surface area (Å²) in [4.78, 5) is 0. The van der Waals surface area contributed by atoms with Gasteiger partial charge in [-0.05, 0) is 24.3 Å². The fourth-order valence-corrected chi connectivity index (χ4v) is 4.33. The molecule has 0 heterocycles. The Balaban J connectivity index is 2.93. The lowest BCUT2D eigenvalue weighted by Crippen LogP contribution is -1.87. The quantitative estimate of drug-likeness (QED) is 0.185. The SMILES string of the molecule is CCCCCCCCCCCCCCCSCCCCCCCC. The Morgan fingerprint density at radius 1 is 0.333 bits per heavy atom. The Hall–Kier alpha value is 0.350. The maximum absolute atomic E-state index is 2.30. The number of thioether (sulfide) groups is 1. The second-order valence-electron chi connectivity index (χ2n) is 7.62. The summed E-state index contributed by atoms with van der Waals surface area (Å²) in [7, 11) is 0. The molecule has 0 saturated heterocycles. The number of rotatable bonds is 21. The highest BCUT2D eigenvalue weighted by atomic mass is 32.2. The molecule has 146 valence electrons. The Kier molecular flexibility index (Phi) is 23.7. The first kappa shape index (κ1) is 24.4. The van der Waals surface area contributed by atoms with Crippen LogP contribution in [0, 0.1) is 0 Å². The molecular formula is C23H48S. The van der Waals surface area contributed by atoms with E-state index in [0.717, 1.165) is 0 Å². The number of hydrogen-bond acceptors (Lipinski definition) is 1. The topological polar surface area (TPSA) is 0 Å². The van der Waals surface area contributed by atoms with Gasteiger partial charge in [-0.1, -0.05) is 123 Å². The van der Waals surface area contributed by atoms with Crippen LogP contribution in [0.1, 0.15) is 136 Å². The third-order valence-electron chi connectivity index (χ3n) is 5.03. The van der Waals surface area contributed by atoms with Crippen molar-refractivity contribution < 1.29 is 0 Å². The molecule has 0 unspecified atom stereocenters. The largest absolute Gasteiger partial charge is 0.162 e. The second kappa shape index (κ2) is 23.4. The third kappa shape index (κ3) is 22.4. The molecule has 0 aromatic heterocycles. The molecule has 0 aliphatic carbocycles. The van der Waals surface area contributed by atoms with E-state index >= 15 is 0 Å². The van der Waals surface area contributed by atoms with E-state index in [9.17, 15) is 0 Å². The molecule has 0 atom stereocenters. The Bertz CT molecular complexity index is 180. The molecule has 1 heteroatoms. The molecule has 0 aliphatic rings. The summed E-state index contributed by atoms with van der Waals surface area (Å²) in [6.45, 7) is 4.60. The molecule has 0 rings (SSSR count). The van der Waals surface area contributed by atoms with Crippen molar-refractivity contribution in [3.05, 3.63) is 0 Å². The van der Waals surface area contributed by atoms with Crippen LogP contribution in [0.4, 0.5) is 0 Å². The summed E-state index contributed by atoms with van der Waals surface area (Å²) >= 11 is 2.20. The Morgan fingerprint density at radius 2 is 0.583 bits per heavy atom. The van der Waals surface area contributed by atoms with E-state index in [1.54, 1.807) is 0 Å². The van der Waals surface area contributed by atoms with Crippen LogP contribution in [0.15, 0.2) is 0 Å². The van der Waals surface area contributed by atoms with Crippen LogP contribution < -0.4 is 0 Å². The van der Waals surface area contributed by atoms with Crippen LogP contribution in [0.2, 0.25) is 0 Å². The van der Waals surface area contributed by atoms with Crippen molar-refractivity contribution in [3.8, 4) is 0 Å². The minimum absolute atomic E-state index is 1.37. The molecule has 0 saturated carbocycles. The molecule has 0 fully saturated rings. The van der Waals surface area contributed by atoms with Gasteiger partial charge in [0.1, 0.15) is 0 Å². The molecule has 0 aliphatic heterocycles. The average molecular weight is 357 g/mol. The minimum atomic E-state index is 1.37. The molecule has 0 bridgehead atoms. The van der Waals surface area contributed by atoms with Gasteiger partial charge >= 0.3 is 0 Å². The zero-order chi connectivity index (χ0) is 17.6. The van der Waals surface area contributed by atoms with Crippen molar-refractivity contribution in [3.63, 3.8) is 0 Å². The van der Waals surface area contributed by atoms with E-state index in [4.69, 9.17) is 0 Å². The highest BCUT2D eigenvalue weighted by Gasteiger charge is 1.95. The van der Waals surface area contributed by atoms with E-state index in [2.05, 4.69) is 25.6 Å². The molecule has 0 nitrogen and oxygen atoms in total. The van der Waals surface area contributed by atoms with E-state index in [0.29, 0.717) is 0 Å². The predicted octanol–water partition coefficient (Wildman–Crippen LogP) is 9.17. The van der Waals surface area contributed by atoms with Crippen molar-refractivity contribution in [1.29, 1.82) is 0 Å². The van der Waals surface area contributed by atoms with E-state index in [1.807, 2.05) is 0 Å². The minimum Gasteiger partial charge on any atom is -0.162 e. The lowest BCUT2D eigenvalue weighted by Gasteiger charge is -2.04. The summed E-state index contributed by atoms with van der Waals surface area (Å²) in [5.74, 6) is 2.82. The maximum Gasteiger partial charge on any atom is -0.00675 e. The first-order valence-corrected chi connectivity index (χ1v) is 12.6. The van der Waals surface area contributed by atoms with Crippen LogP contribution >= 0.6 is 11.8 Å². The van der Waals surface area contributed by atoms with Gasteiger partial charge in [0.15, 0.2) is 0 Å². The molecule has 0 N–H and O–H groups in total. The third-order valence-corrected chi connectivity index (χ3v) is 6.19. The first-order valence-electron chi connectivity index (χ1n) is 11.5. The van der Waals surface area contributed by atoms with Gasteiger partial charge in [-0.25, -0.2) is 0 Å². The van der Waals surface area contributed by atoms with Gasteiger partial charge in [0, 0.05) is 0 Å². The highest BCUT2D eigenvalue weighted by Crippen LogP contribution is 2.15. The summed E-state index contributed by atoms with van der Waals surface area (Å²) < 4.78 is 0. The molecule has 0 amide bonds. The molecular weight excluding hydrogens is 308 g/mol. The normalized spacial score (nSPS) is 11.2. The van der Waals surface area contributed by atoms with Crippen LogP contribution in [0.5, 0.6) is 0 Å². The lowest BCUT2D eigenvalue weighted by molar-refractivity contribution is 0.543. The van der Waals surface area contributed by atoms with E-state index in [-0.39, 0.29) is 0 Å². The van der Waals surface area contributed by atoms with Crippen LogP contribution in [-0.4, -0.2) is 11.5 Å². The standard InChI is InChI=1S/C23H48S/c1-3-5-7-9-11-12-13-14-15-16-17-19-21-23-24-22-20-18-10-8-6-4-2/h3-23H2,1-2H3. The van der Waals surface area contributed by atoms with Crippen molar-refractivity contribution in [2.45, 2.75) is 136 Å². The van der Waals surface area contributed by atoms with Gasteiger partial charge in [0.25, 0.3) is 0 Å². The second-order valence-corrected chi connectivity index (χ2v) is 8.85. The summed E-state index contributed by atoms with van der Waals surface area (Å²) in [5, 5.41) is 0. The average Bonchev–Trinajstić information content (AvgIpc) is 2.60.